The first kappa shape index (κ1) is 15.5. The number of ketones is 1. The van der Waals surface area contributed by atoms with Crippen LogP contribution in [-0.2, 0) is 4.79 Å². The number of nitrogens with one attached hydrogen (secondary N) is 1. The fourth-order valence-corrected chi connectivity index (χ4v) is 2.71. The molecule has 0 amide bonds. The standard InChI is InChI=1S/C13H22F3NO/c1-7-6-9(13(14,15)16)17-8(2)10(7)11(18)12(3,4)5/h7-10,17H,6H2,1-5H3. The van der Waals surface area contributed by atoms with Crippen LogP contribution in [0.5, 0.6) is 0 Å². The van der Waals surface area contributed by atoms with Gasteiger partial charge in [-0.2, -0.15) is 13.2 Å². The van der Waals surface area contributed by atoms with Crippen molar-refractivity contribution in [1.82, 2.24) is 5.32 Å². The van der Waals surface area contributed by atoms with Crippen molar-refractivity contribution in [2.45, 2.75) is 59.3 Å². The molecule has 1 fully saturated rings. The Kier molecular flexibility index (Phi) is 4.16. The van der Waals surface area contributed by atoms with Gasteiger partial charge in [0.1, 0.15) is 11.8 Å². The minimum absolute atomic E-state index is 0.0275. The lowest BCUT2D eigenvalue weighted by atomic mass is 9.70. The molecule has 1 rings (SSSR count). The number of hydrogen-bond donors (Lipinski definition) is 1. The second-order valence-corrected chi connectivity index (χ2v) is 6.40. The van der Waals surface area contributed by atoms with Crippen LogP contribution in [0.4, 0.5) is 13.2 Å². The molecule has 1 heterocycles. The van der Waals surface area contributed by atoms with Crippen LogP contribution in [0.1, 0.15) is 41.0 Å². The van der Waals surface area contributed by atoms with E-state index in [2.05, 4.69) is 5.32 Å². The van der Waals surface area contributed by atoms with Crippen LogP contribution >= 0.6 is 0 Å². The number of carbonyl (C=O) groups excluding carboxylic acids is 1. The third-order valence-electron chi connectivity index (χ3n) is 3.66. The zero-order chi connectivity index (χ0) is 14.3. The van der Waals surface area contributed by atoms with Gasteiger partial charge in [0.05, 0.1) is 0 Å². The minimum atomic E-state index is -4.24. The van der Waals surface area contributed by atoms with Gasteiger partial charge in [0.2, 0.25) is 0 Å². The van der Waals surface area contributed by atoms with Crippen molar-refractivity contribution >= 4 is 5.78 Å². The zero-order valence-electron chi connectivity index (χ0n) is 11.6. The molecule has 1 aliphatic heterocycles. The third kappa shape index (κ3) is 3.25. The number of carbonyl (C=O) groups is 1. The molecule has 0 aromatic heterocycles. The van der Waals surface area contributed by atoms with E-state index in [-0.39, 0.29) is 24.0 Å². The number of Topliss-reactive ketones (excluding diaryl/α,β-unsaturated/α-hetero) is 1. The van der Waals surface area contributed by atoms with Gasteiger partial charge in [-0.3, -0.25) is 4.79 Å². The summed E-state index contributed by atoms with van der Waals surface area (Å²) in [7, 11) is 0. The molecule has 0 aromatic rings. The maximum absolute atomic E-state index is 12.7. The molecule has 4 unspecified atom stereocenters. The van der Waals surface area contributed by atoms with Crippen LogP contribution in [0.2, 0.25) is 0 Å². The van der Waals surface area contributed by atoms with E-state index in [4.69, 9.17) is 0 Å². The second-order valence-electron chi connectivity index (χ2n) is 6.40. The number of rotatable bonds is 1. The molecule has 0 bridgehead atoms. The van der Waals surface area contributed by atoms with Crippen LogP contribution in [0.3, 0.4) is 0 Å². The van der Waals surface area contributed by atoms with E-state index < -0.39 is 23.7 Å². The predicted octanol–water partition coefficient (Wildman–Crippen LogP) is 3.17. The summed E-state index contributed by atoms with van der Waals surface area (Å²) in [6.45, 7) is 8.84. The van der Waals surface area contributed by atoms with Gasteiger partial charge in [-0.15, -0.1) is 0 Å². The average Bonchev–Trinajstić information content (AvgIpc) is 2.13. The van der Waals surface area contributed by atoms with Crippen LogP contribution < -0.4 is 5.32 Å². The highest BCUT2D eigenvalue weighted by atomic mass is 19.4. The average molecular weight is 265 g/mol. The molecule has 0 aromatic carbocycles. The molecule has 18 heavy (non-hydrogen) atoms. The quantitative estimate of drug-likeness (QED) is 0.789. The monoisotopic (exact) mass is 265 g/mol. The summed E-state index contributed by atoms with van der Waals surface area (Å²) in [6, 6.07) is -1.93. The maximum Gasteiger partial charge on any atom is 0.403 e. The molecule has 1 saturated heterocycles. The third-order valence-corrected chi connectivity index (χ3v) is 3.66. The van der Waals surface area contributed by atoms with Gasteiger partial charge in [-0.1, -0.05) is 27.7 Å². The molecule has 0 spiro atoms. The van der Waals surface area contributed by atoms with Crippen molar-refractivity contribution in [3.8, 4) is 0 Å². The molecular formula is C13H22F3NO. The Hall–Kier alpha value is -0.580. The number of alkyl halides is 3. The molecule has 1 N–H and O–H groups in total. The van der Waals surface area contributed by atoms with E-state index in [1.54, 1.807) is 13.8 Å². The predicted molar refractivity (Wildman–Crippen MR) is 64.2 cm³/mol. The largest absolute Gasteiger partial charge is 0.403 e. The van der Waals surface area contributed by atoms with E-state index in [0.717, 1.165) is 0 Å². The number of piperidine rings is 1. The first-order valence-electron chi connectivity index (χ1n) is 6.31. The van der Waals surface area contributed by atoms with Gasteiger partial charge >= 0.3 is 6.18 Å². The Morgan fingerprint density at radius 2 is 1.67 bits per heavy atom. The fraction of sp³-hybridized carbons (Fsp3) is 0.923. The number of hydrogen-bond acceptors (Lipinski definition) is 2. The van der Waals surface area contributed by atoms with E-state index in [9.17, 15) is 18.0 Å². The highest BCUT2D eigenvalue weighted by Crippen LogP contribution is 2.37. The summed E-state index contributed by atoms with van der Waals surface area (Å²) in [5, 5.41) is 2.54. The molecule has 0 radical (unpaired) electrons. The van der Waals surface area contributed by atoms with Crippen molar-refractivity contribution in [2.75, 3.05) is 0 Å². The second kappa shape index (κ2) is 4.83. The Bertz CT molecular complexity index is 307. The highest BCUT2D eigenvalue weighted by molar-refractivity contribution is 5.86. The summed E-state index contributed by atoms with van der Waals surface area (Å²) in [6.07, 6.45) is -4.27. The molecule has 106 valence electrons. The highest BCUT2D eigenvalue weighted by Gasteiger charge is 2.48. The van der Waals surface area contributed by atoms with Crippen LogP contribution in [0.15, 0.2) is 0 Å². The van der Waals surface area contributed by atoms with Gasteiger partial charge in [0, 0.05) is 17.4 Å². The molecule has 2 nitrogen and oxygen atoms in total. The van der Waals surface area contributed by atoms with Gasteiger partial charge in [0.15, 0.2) is 0 Å². The molecule has 4 atom stereocenters. The van der Waals surface area contributed by atoms with Gasteiger partial charge in [-0.05, 0) is 19.3 Å². The summed E-state index contributed by atoms with van der Waals surface area (Å²) < 4.78 is 38.1. The summed E-state index contributed by atoms with van der Waals surface area (Å²) in [5.74, 6) is -0.557. The smallest absolute Gasteiger partial charge is 0.303 e. The van der Waals surface area contributed by atoms with Crippen molar-refractivity contribution in [3.05, 3.63) is 0 Å². The Labute approximate surface area is 106 Å². The Morgan fingerprint density at radius 1 is 1.17 bits per heavy atom. The van der Waals surface area contributed by atoms with Crippen molar-refractivity contribution in [1.29, 1.82) is 0 Å². The lowest BCUT2D eigenvalue weighted by Crippen LogP contribution is -2.58. The van der Waals surface area contributed by atoms with Crippen LogP contribution in [-0.4, -0.2) is 24.0 Å². The molecule has 0 aliphatic carbocycles. The Morgan fingerprint density at radius 3 is 2.00 bits per heavy atom. The van der Waals surface area contributed by atoms with Crippen molar-refractivity contribution < 1.29 is 18.0 Å². The van der Waals surface area contributed by atoms with Crippen molar-refractivity contribution in [2.24, 2.45) is 17.3 Å². The fourth-order valence-electron chi connectivity index (χ4n) is 2.71. The molecule has 5 heteroatoms. The van der Waals surface area contributed by atoms with Crippen LogP contribution in [0, 0.1) is 17.3 Å². The lowest BCUT2D eigenvalue weighted by Gasteiger charge is -2.42. The zero-order valence-corrected chi connectivity index (χ0v) is 11.6. The molecule has 0 saturated carbocycles. The minimum Gasteiger partial charge on any atom is -0.303 e. The SMILES string of the molecule is CC1CC(C(F)(F)F)NC(C)C1C(=O)C(C)(C)C. The summed E-state index contributed by atoms with van der Waals surface area (Å²) in [4.78, 5) is 12.3. The summed E-state index contributed by atoms with van der Waals surface area (Å²) >= 11 is 0. The normalized spacial score (nSPS) is 34.4. The van der Waals surface area contributed by atoms with Gasteiger partial charge < -0.3 is 5.32 Å². The Balaban J connectivity index is 2.86. The maximum atomic E-state index is 12.7. The van der Waals surface area contributed by atoms with Crippen LogP contribution in [0.25, 0.3) is 0 Å². The lowest BCUT2D eigenvalue weighted by molar-refractivity contribution is -0.172. The van der Waals surface area contributed by atoms with E-state index in [0.29, 0.717) is 0 Å². The van der Waals surface area contributed by atoms with E-state index in [1.165, 1.54) is 0 Å². The molecular weight excluding hydrogens is 243 g/mol. The topological polar surface area (TPSA) is 29.1 Å². The first-order valence-corrected chi connectivity index (χ1v) is 6.31. The van der Waals surface area contributed by atoms with E-state index in [1.807, 2.05) is 20.8 Å². The summed E-state index contributed by atoms with van der Waals surface area (Å²) in [5.41, 5.74) is -0.514. The van der Waals surface area contributed by atoms with E-state index >= 15 is 0 Å². The molecule has 1 aliphatic rings. The van der Waals surface area contributed by atoms with Gasteiger partial charge in [-0.25, -0.2) is 0 Å². The first-order chi connectivity index (χ1) is 7.94. The number of halogens is 3. The van der Waals surface area contributed by atoms with Crippen molar-refractivity contribution in [3.63, 3.8) is 0 Å². The van der Waals surface area contributed by atoms with Gasteiger partial charge in [0.25, 0.3) is 0 Å².